The van der Waals surface area contributed by atoms with Crippen molar-refractivity contribution in [1.82, 2.24) is 20.6 Å². The smallest absolute Gasteiger partial charge is 0.283 e. The summed E-state index contributed by atoms with van der Waals surface area (Å²) in [5.41, 5.74) is 3.27. The van der Waals surface area contributed by atoms with Crippen LogP contribution < -0.4 is 10.6 Å². The van der Waals surface area contributed by atoms with Gasteiger partial charge < -0.3 is 4.42 Å². The van der Waals surface area contributed by atoms with Gasteiger partial charge in [-0.3, -0.25) is 0 Å². The molecule has 23 heavy (non-hydrogen) atoms. The first kappa shape index (κ1) is 14.9. The highest BCUT2D eigenvalue weighted by Crippen LogP contribution is 2.22. The fraction of sp³-hybridized carbons (Fsp3) is 0. The van der Waals surface area contributed by atoms with Crippen molar-refractivity contribution in [2.24, 2.45) is 10.2 Å². The third-order valence-electron chi connectivity index (χ3n) is 2.80. The lowest BCUT2D eigenvalue weighted by atomic mass is 10.2. The van der Waals surface area contributed by atoms with Crippen LogP contribution in [0.5, 0.6) is 0 Å². The molecule has 1 aromatic carbocycles. The summed E-state index contributed by atoms with van der Waals surface area (Å²) in [6, 6.07) is 9.50. The van der Waals surface area contributed by atoms with Crippen molar-refractivity contribution in [3.63, 3.8) is 0 Å². The largest absolute Gasteiger partial charge is 0.455 e. The van der Waals surface area contributed by atoms with E-state index in [-0.39, 0.29) is 10.8 Å². The van der Waals surface area contributed by atoms with Gasteiger partial charge in [0.15, 0.2) is 0 Å². The predicted molar refractivity (Wildman–Crippen MR) is 80.9 cm³/mol. The minimum Gasteiger partial charge on any atom is -0.455 e. The molecule has 10 nitrogen and oxygen atoms in total. The Labute approximate surface area is 130 Å². The molecule has 3 rings (SSSR count). The van der Waals surface area contributed by atoms with Crippen LogP contribution in [0.3, 0.4) is 0 Å². The minimum atomic E-state index is -3.71. The van der Waals surface area contributed by atoms with Gasteiger partial charge in [-0.05, 0) is 41.6 Å². The van der Waals surface area contributed by atoms with E-state index in [0.717, 1.165) is 0 Å². The van der Waals surface area contributed by atoms with Gasteiger partial charge in [-0.25, -0.2) is 19.0 Å². The summed E-state index contributed by atoms with van der Waals surface area (Å²) in [6.45, 7) is 0. The van der Waals surface area contributed by atoms with Gasteiger partial charge in [-0.1, -0.05) is 5.10 Å². The van der Waals surface area contributed by atoms with E-state index in [4.69, 9.17) is 9.56 Å². The van der Waals surface area contributed by atoms with Crippen LogP contribution >= 0.6 is 0 Å². The van der Waals surface area contributed by atoms with E-state index in [1.165, 1.54) is 18.3 Å². The van der Waals surface area contributed by atoms with Crippen molar-refractivity contribution < 1.29 is 12.8 Å². The second kappa shape index (κ2) is 5.98. The summed E-state index contributed by atoms with van der Waals surface area (Å²) in [4.78, 5) is 0.0407. The quantitative estimate of drug-likeness (QED) is 0.455. The maximum atomic E-state index is 11.2. The standard InChI is InChI=1S/C12H11N7O3S/c13-23(20,21)10-4-1-8(2-5-10)11-6-3-9(22-11)7-14-15-12-16-18-19-17-12/h1-7H,(H2,13,20,21)(H2,15,16,17,18,19)/b14-7-. The number of aromatic amines is 1. The molecule has 0 atom stereocenters. The SMILES string of the molecule is NS(=O)(=O)c1ccc(-c2ccc(/C=N\Nc3nn[nH]n3)o2)cc1. The van der Waals surface area contributed by atoms with Gasteiger partial charge >= 0.3 is 0 Å². The molecule has 2 heterocycles. The highest BCUT2D eigenvalue weighted by molar-refractivity contribution is 7.89. The second-order valence-electron chi connectivity index (χ2n) is 4.38. The summed E-state index contributed by atoms with van der Waals surface area (Å²) in [7, 11) is -3.71. The number of aromatic nitrogens is 4. The van der Waals surface area contributed by atoms with E-state index in [9.17, 15) is 8.42 Å². The third kappa shape index (κ3) is 3.59. The van der Waals surface area contributed by atoms with E-state index < -0.39 is 10.0 Å². The van der Waals surface area contributed by atoms with Crippen LogP contribution in [-0.4, -0.2) is 35.3 Å². The number of benzene rings is 1. The molecule has 4 N–H and O–H groups in total. The lowest BCUT2D eigenvalue weighted by Gasteiger charge is -2.00. The first-order valence-electron chi connectivity index (χ1n) is 6.28. The highest BCUT2D eigenvalue weighted by atomic mass is 32.2. The van der Waals surface area contributed by atoms with Crippen LogP contribution in [0.2, 0.25) is 0 Å². The lowest BCUT2D eigenvalue weighted by Crippen LogP contribution is -2.11. The Morgan fingerprint density at radius 3 is 2.65 bits per heavy atom. The molecule has 0 aliphatic carbocycles. The van der Waals surface area contributed by atoms with Crippen LogP contribution in [0, 0.1) is 0 Å². The first-order valence-corrected chi connectivity index (χ1v) is 7.82. The Morgan fingerprint density at radius 1 is 1.22 bits per heavy atom. The summed E-state index contributed by atoms with van der Waals surface area (Å²) in [5.74, 6) is 1.28. The number of nitrogens with two attached hydrogens (primary N) is 1. The molecule has 11 heteroatoms. The topological polar surface area (TPSA) is 152 Å². The number of sulfonamides is 1. The average Bonchev–Trinajstić information content (AvgIpc) is 3.18. The molecule has 0 amide bonds. The molecule has 118 valence electrons. The zero-order chi connectivity index (χ0) is 16.3. The molecule has 3 aromatic rings. The monoisotopic (exact) mass is 333 g/mol. The summed E-state index contributed by atoms with van der Waals surface area (Å²) in [5, 5.41) is 21.9. The Bertz CT molecular complexity index is 914. The van der Waals surface area contributed by atoms with Crippen LogP contribution in [0.15, 0.2) is 50.8 Å². The van der Waals surface area contributed by atoms with E-state index in [1.807, 2.05) is 0 Å². The maximum Gasteiger partial charge on any atom is 0.283 e. The van der Waals surface area contributed by atoms with Gasteiger partial charge in [0.25, 0.3) is 5.95 Å². The summed E-state index contributed by atoms with van der Waals surface area (Å²) in [6.07, 6.45) is 1.44. The summed E-state index contributed by atoms with van der Waals surface area (Å²) < 4.78 is 28.0. The molecule has 0 fully saturated rings. The molecule has 0 bridgehead atoms. The molecule has 0 saturated heterocycles. The third-order valence-corrected chi connectivity index (χ3v) is 3.73. The minimum absolute atomic E-state index is 0.0407. The molecular formula is C12H11N7O3S. The van der Waals surface area contributed by atoms with Crippen LogP contribution in [0.1, 0.15) is 5.76 Å². The summed E-state index contributed by atoms with van der Waals surface area (Å²) >= 11 is 0. The van der Waals surface area contributed by atoms with Gasteiger partial charge in [-0.2, -0.15) is 10.3 Å². The predicted octanol–water partition coefficient (Wildman–Crippen LogP) is 0.553. The number of hydrogen-bond acceptors (Lipinski definition) is 8. The number of nitrogens with zero attached hydrogens (tertiary/aromatic N) is 4. The van der Waals surface area contributed by atoms with E-state index in [0.29, 0.717) is 17.1 Å². The number of rotatable bonds is 5. The van der Waals surface area contributed by atoms with Crippen LogP contribution in [0.25, 0.3) is 11.3 Å². The number of anilines is 1. The molecular weight excluding hydrogens is 322 g/mol. The van der Waals surface area contributed by atoms with Crippen LogP contribution in [-0.2, 0) is 10.0 Å². The van der Waals surface area contributed by atoms with Gasteiger partial charge in [0, 0.05) is 5.56 Å². The number of hydrazone groups is 1. The molecule has 2 aromatic heterocycles. The van der Waals surface area contributed by atoms with Crippen molar-refractivity contribution >= 4 is 22.2 Å². The second-order valence-corrected chi connectivity index (χ2v) is 5.94. The Morgan fingerprint density at radius 2 is 2.00 bits per heavy atom. The molecule has 0 aliphatic heterocycles. The molecule has 0 radical (unpaired) electrons. The maximum absolute atomic E-state index is 11.2. The van der Waals surface area contributed by atoms with E-state index in [2.05, 4.69) is 31.2 Å². The molecule has 0 spiro atoms. The van der Waals surface area contributed by atoms with Crippen molar-refractivity contribution in [1.29, 1.82) is 0 Å². The Hall–Kier alpha value is -3.05. The van der Waals surface area contributed by atoms with Gasteiger partial charge in [0.2, 0.25) is 10.0 Å². The fourth-order valence-electron chi connectivity index (χ4n) is 1.75. The van der Waals surface area contributed by atoms with Gasteiger partial charge in [0.1, 0.15) is 11.5 Å². The van der Waals surface area contributed by atoms with E-state index >= 15 is 0 Å². The normalized spacial score (nSPS) is 11.9. The van der Waals surface area contributed by atoms with Crippen molar-refractivity contribution in [3.8, 4) is 11.3 Å². The van der Waals surface area contributed by atoms with Crippen molar-refractivity contribution in [3.05, 3.63) is 42.2 Å². The molecule has 0 saturated carbocycles. The number of hydrogen-bond donors (Lipinski definition) is 3. The molecule has 0 aliphatic rings. The number of tetrazole rings is 1. The zero-order valence-corrected chi connectivity index (χ0v) is 12.4. The number of nitrogens with one attached hydrogen (secondary N) is 2. The van der Waals surface area contributed by atoms with Crippen molar-refractivity contribution in [2.75, 3.05) is 5.43 Å². The number of H-pyrrole nitrogens is 1. The highest BCUT2D eigenvalue weighted by Gasteiger charge is 2.09. The molecule has 0 unspecified atom stereocenters. The number of primary sulfonamides is 1. The first-order chi connectivity index (χ1) is 11.0. The fourth-order valence-corrected chi connectivity index (χ4v) is 2.26. The number of furan rings is 1. The zero-order valence-electron chi connectivity index (χ0n) is 11.5. The Balaban J connectivity index is 1.72. The van der Waals surface area contributed by atoms with Crippen molar-refractivity contribution in [2.45, 2.75) is 4.90 Å². The van der Waals surface area contributed by atoms with Gasteiger partial charge in [-0.15, -0.1) is 5.10 Å². The van der Waals surface area contributed by atoms with Crippen LogP contribution in [0.4, 0.5) is 5.95 Å². The lowest BCUT2D eigenvalue weighted by molar-refractivity contribution is 0.575. The van der Waals surface area contributed by atoms with E-state index in [1.54, 1.807) is 24.3 Å². The Kier molecular flexibility index (Phi) is 3.87. The average molecular weight is 333 g/mol. The van der Waals surface area contributed by atoms with Gasteiger partial charge in [0.05, 0.1) is 11.1 Å².